The Kier molecular flexibility index (Phi) is 4.12. The first-order valence-corrected chi connectivity index (χ1v) is 5.80. The van der Waals surface area contributed by atoms with E-state index in [0.717, 1.165) is 5.56 Å². The van der Waals surface area contributed by atoms with E-state index in [1.165, 1.54) is 0 Å². The van der Waals surface area contributed by atoms with Gasteiger partial charge in [0, 0.05) is 6.54 Å². The molecule has 0 aromatic heterocycles. The molecule has 1 aliphatic rings. The molecule has 1 N–H and O–H groups in total. The average molecular weight is 235 g/mol. The fourth-order valence-electron chi connectivity index (χ4n) is 1.68. The summed E-state index contributed by atoms with van der Waals surface area (Å²) >= 11 is 0. The molecule has 0 aliphatic carbocycles. The highest BCUT2D eigenvalue weighted by Gasteiger charge is 2.25. The normalized spacial score (nSPS) is 24.3. The summed E-state index contributed by atoms with van der Waals surface area (Å²) in [5.74, 6) is -0.212. The van der Waals surface area contributed by atoms with Crippen LogP contribution in [0.1, 0.15) is 12.5 Å². The van der Waals surface area contributed by atoms with Crippen molar-refractivity contribution < 1.29 is 14.3 Å². The van der Waals surface area contributed by atoms with Crippen LogP contribution in [-0.4, -0.2) is 25.4 Å². The first-order valence-electron chi connectivity index (χ1n) is 5.80. The van der Waals surface area contributed by atoms with Crippen LogP contribution in [0, 0.1) is 5.92 Å². The van der Waals surface area contributed by atoms with Gasteiger partial charge < -0.3 is 14.8 Å². The minimum Gasteiger partial charge on any atom is -0.352 e. The third kappa shape index (κ3) is 3.54. The fraction of sp³-hybridized carbons (Fsp3) is 0.462. The van der Waals surface area contributed by atoms with E-state index in [1.807, 2.05) is 37.3 Å². The number of benzene rings is 1. The van der Waals surface area contributed by atoms with Gasteiger partial charge in [0.05, 0.1) is 19.1 Å². The van der Waals surface area contributed by atoms with Gasteiger partial charge in [-0.05, 0) is 12.5 Å². The van der Waals surface area contributed by atoms with Crippen molar-refractivity contribution in [2.45, 2.75) is 19.8 Å². The Morgan fingerprint density at radius 1 is 1.29 bits per heavy atom. The highest BCUT2D eigenvalue weighted by Crippen LogP contribution is 2.11. The molecule has 1 aromatic carbocycles. The quantitative estimate of drug-likeness (QED) is 0.859. The second kappa shape index (κ2) is 5.80. The summed E-state index contributed by atoms with van der Waals surface area (Å²) in [5.41, 5.74) is 1.09. The lowest BCUT2D eigenvalue weighted by Gasteiger charge is -2.26. The van der Waals surface area contributed by atoms with Gasteiger partial charge in [0.1, 0.15) is 0 Å². The van der Waals surface area contributed by atoms with Crippen molar-refractivity contribution in [3.63, 3.8) is 0 Å². The van der Waals surface area contributed by atoms with E-state index in [1.54, 1.807) is 0 Å². The lowest BCUT2D eigenvalue weighted by atomic mass is 10.1. The highest BCUT2D eigenvalue weighted by atomic mass is 16.7. The number of ether oxygens (including phenoxy) is 2. The molecule has 0 radical (unpaired) electrons. The highest BCUT2D eigenvalue weighted by molar-refractivity contribution is 5.78. The summed E-state index contributed by atoms with van der Waals surface area (Å²) in [6.45, 7) is 3.24. The third-order valence-electron chi connectivity index (χ3n) is 2.74. The van der Waals surface area contributed by atoms with E-state index in [2.05, 4.69) is 5.32 Å². The standard InChI is InChI=1S/C13H17NO3/c1-10-16-8-12(9-17-10)13(15)14-7-11-5-3-2-4-6-11/h2-6,10,12H,7-9H2,1H3,(H,14,15). The van der Waals surface area contributed by atoms with E-state index >= 15 is 0 Å². The van der Waals surface area contributed by atoms with E-state index in [9.17, 15) is 4.79 Å². The maximum absolute atomic E-state index is 11.8. The number of hydrogen-bond donors (Lipinski definition) is 1. The molecular weight excluding hydrogens is 218 g/mol. The van der Waals surface area contributed by atoms with Gasteiger partial charge in [0.25, 0.3) is 0 Å². The van der Waals surface area contributed by atoms with Gasteiger partial charge in [-0.25, -0.2) is 0 Å². The van der Waals surface area contributed by atoms with E-state index in [4.69, 9.17) is 9.47 Å². The maximum atomic E-state index is 11.8. The molecule has 1 aliphatic heterocycles. The van der Waals surface area contributed by atoms with Gasteiger partial charge in [0.2, 0.25) is 5.91 Å². The van der Waals surface area contributed by atoms with E-state index in [-0.39, 0.29) is 18.1 Å². The van der Waals surface area contributed by atoms with E-state index in [0.29, 0.717) is 19.8 Å². The van der Waals surface area contributed by atoms with Crippen LogP contribution in [-0.2, 0) is 20.8 Å². The summed E-state index contributed by atoms with van der Waals surface area (Å²) in [7, 11) is 0. The van der Waals surface area contributed by atoms with Crippen LogP contribution in [0.25, 0.3) is 0 Å². The van der Waals surface area contributed by atoms with Crippen molar-refractivity contribution >= 4 is 5.91 Å². The zero-order valence-electron chi connectivity index (χ0n) is 9.89. The van der Waals surface area contributed by atoms with Gasteiger partial charge in [-0.3, -0.25) is 4.79 Å². The van der Waals surface area contributed by atoms with Crippen molar-refractivity contribution in [3.8, 4) is 0 Å². The number of hydrogen-bond acceptors (Lipinski definition) is 3. The molecule has 1 amide bonds. The molecular formula is C13H17NO3. The molecule has 0 saturated carbocycles. The van der Waals surface area contributed by atoms with Crippen molar-refractivity contribution in [1.29, 1.82) is 0 Å². The van der Waals surface area contributed by atoms with Gasteiger partial charge in [-0.15, -0.1) is 0 Å². The van der Waals surface area contributed by atoms with Crippen molar-refractivity contribution in [2.24, 2.45) is 5.92 Å². The molecule has 0 unspecified atom stereocenters. The van der Waals surface area contributed by atoms with Gasteiger partial charge in [0.15, 0.2) is 6.29 Å². The number of amides is 1. The lowest BCUT2D eigenvalue weighted by Crippen LogP contribution is -2.40. The van der Waals surface area contributed by atoms with Crippen LogP contribution in [0.3, 0.4) is 0 Å². The minimum absolute atomic E-state index is 0.0132. The average Bonchev–Trinajstić information content (AvgIpc) is 2.38. The molecule has 0 spiro atoms. The van der Waals surface area contributed by atoms with E-state index < -0.39 is 0 Å². The zero-order chi connectivity index (χ0) is 12.1. The lowest BCUT2D eigenvalue weighted by molar-refractivity contribution is -0.192. The Labute approximate surface area is 101 Å². The van der Waals surface area contributed by atoms with Crippen LogP contribution in [0.5, 0.6) is 0 Å². The third-order valence-corrected chi connectivity index (χ3v) is 2.74. The summed E-state index contributed by atoms with van der Waals surface area (Å²) in [6.07, 6.45) is -0.201. The largest absolute Gasteiger partial charge is 0.352 e. The summed E-state index contributed by atoms with van der Waals surface area (Å²) in [4.78, 5) is 11.8. The molecule has 92 valence electrons. The Bertz CT molecular complexity index is 358. The summed E-state index contributed by atoms with van der Waals surface area (Å²) in [5, 5.41) is 2.88. The monoisotopic (exact) mass is 235 g/mol. The second-order valence-electron chi connectivity index (χ2n) is 4.13. The molecule has 4 nitrogen and oxygen atoms in total. The summed E-state index contributed by atoms with van der Waals surface area (Å²) in [6, 6.07) is 9.83. The molecule has 1 aromatic rings. The smallest absolute Gasteiger partial charge is 0.228 e. The van der Waals surface area contributed by atoms with Crippen LogP contribution in [0.2, 0.25) is 0 Å². The molecule has 4 heteroatoms. The van der Waals surface area contributed by atoms with Crippen molar-refractivity contribution in [2.75, 3.05) is 13.2 Å². The van der Waals surface area contributed by atoms with Crippen LogP contribution < -0.4 is 5.32 Å². The summed E-state index contributed by atoms with van der Waals surface area (Å²) < 4.78 is 10.6. The van der Waals surface area contributed by atoms with Crippen molar-refractivity contribution in [1.82, 2.24) is 5.32 Å². The number of carbonyl (C=O) groups excluding carboxylic acids is 1. The predicted molar refractivity (Wildman–Crippen MR) is 63.1 cm³/mol. The zero-order valence-corrected chi connectivity index (χ0v) is 9.89. The molecule has 0 atom stereocenters. The van der Waals surface area contributed by atoms with Crippen LogP contribution >= 0.6 is 0 Å². The minimum atomic E-state index is -0.201. The van der Waals surface area contributed by atoms with Gasteiger partial charge >= 0.3 is 0 Å². The molecule has 17 heavy (non-hydrogen) atoms. The van der Waals surface area contributed by atoms with Gasteiger partial charge in [-0.1, -0.05) is 30.3 Å². The Morgan fingerprint density at radius 3 is 2.59 bits per heavy atom. The predicted octanol–water partition coefficient (Wildman–Crippen LogP) is 1.31. The first-order chi connectivity index (χ1) is 8.25. The Hall–Kier alpha value is -1.39. The number of carbonyl (C=O) groups is 1. The van der Waals surface area contributed by atoms with Crippen LogP contribution in [0.15, 0.2) is 30.3 Å². The Balaban J connectivity index is 1.78. The Morgan fingerprint density at radius 2 is 1.94 bits per heavy atom. The topological polar surface area (TPSA) is 47.6 Å². The fourth-order valence-corrected chi connectivity index (χ4v) is 1.68. The van der Waals surface area contributed by atoms with Crippen LogP contribution in [0.4, 0.5) is 0 Å². The van der Waals surface area contributed by atoms with Gasteiger partial charge in [-0.2, -0.15) is 0 Å². The molecule has 1 fully saturated rings. The molecule has 1 saturated heterocycles. The molecule has 0 bridgehead atoms. The number of nitrogens with one attached hydrogen (secondary N) is 1. The molecule has 2 rings (SSSR count). The SMILES string of the molecule is CC1OCC(C(=O)NCc2ccccc2)CO1. The second-order valence-corrected chi connectivity index (χ2v) is 4.13. The molecule has 1 heterocycles. The maximum Gasteiger partial charge on any atom is 0.228 e. The number of rotatable bonds is 3. The van der Waals surface area contributed by atoms with Crippen molar-refractivity contribution in [3.05, 3.63) is 35.9 Å². The first kappa shape index (κ1) is 12.1.